The van der Waals surface area contributed by atoms with Crippen LogP contribution < -0.4 is 9.80 Å². The summed E-state index contributed by atoms with van der Waals surface area (Å²) in [6, 6.07) is 85.3. The molecule has 11 aromatic rings. The zero-order chi connectivity index (χ0) is 40.8. The van der Waals surface area contributed by atoms with Crippen LogP contribution in [0.1, 0.15) is 22.3 Å². The van der Waals surface area contributed by atoms with E-state index in [1.807, 2.05) is 11.3 Å². The van der Waals surface area contributed by atoms with Crippen LogP contribution in [0.15, 0.2) is 231 Å². The molecule has 1 atom stereocenters. The minimum atomic E-state index is -0.588. The smallest absolute Gasteiger partial charge is 0.0727 e. The third-order valence-electron chi connectivity index (χ3n) is 13.2. The number of nitrogens with zero attached hydrogens (tertiary/aromatic N) is 2. The summed E-state index contributed by atoms with van der Waals surface area (Å²) in [5.74, 6) is 0. The normalized spacial score (nSPS) is 14.5. The topological polar surface area (TPSA) is 6.48 Å². The fourth-order valence-electron chi connectivity index (χ4n) is 10.8. The summed E-state index contributed by atoms with van der Waals surface area (Å²) < 4.78 is 2.58. The quantitative estimate of drug-likeness (QED) is 0.165. The maximum Gasteiger partial charge on any atom is 0.0727 e. The molecule has 290 valence electrons. The van der Waals surface area contributed by atoms with Crippen LogP contribution in [0.4, 0.5) is 34.1 Å². The number of anilines is 6. The Hall–Kier alpha value is -7.72. The van der Waals surface area contributed by atoms with Crippen LogP contribution in [-0.4, -0.2) is 0 Å². The monoisotopic (exact) mass is 806 g/mol. The van der Waals surface area contributed by atoms with Crippen molar-refractivity contribution in [1.82, 2.24) is 0 Å². The minimum Gasteiger partial charge on any atom is -0.310 e. The molecule has 0 fully saturated rings. The van der Waals surface area contributed by atoms with Crippen molar-refractivity contribution < 1.29 is 0 Å². The van der Waals surface area contributed by atoms with Crippen molar-refractivity contribution in [2.24, 2.45) is 0 Å². The van der Waals surface area contributed by atoms with E-state index >= 15 is 0 Å². The minimum absolute atomic E-state index is 0.588. The average Bonchev–Trinajstić information content (AvgIpc) is 3.97. The van der Waals surface area contributed by atoms with Crippen LogP contribution in [0.25, 0.3) is 53.2 Å². The number of hydrogen-bond donors (Lipinski definition) is 0. The van der Waals surface area contributed by atoms with Crippen molar-refractivity contribution in [2.75, 3.05) is 9.80 Å². The Balaban J connectivity index is 1.15. The number of hydrogen-bond acceptors (Lipinski definition) is 3. The van der Waals surface area contributed by atoms with Crippen LogP contribution in [0.2, 0.25) is 0 Å². The second kappa shape index (κ2) is 13.7. The third kappa shape index (κ3) is 4.91. The Labute approximate surface area is 364 Å². The molecule has 2 aliphatic carbocycles. The molecule has 0 N–H and O–H groups in total. The van der Waals surface area contributed by atoms with Crippen molar-refractivity contribution in [3.8, 4) is 22.3 Å². The largest absolute Gasteiger partial charge is 0.310 e. The van der Waals surface area contributed by atoms with Crippen molar-refractivity contribution in [1.29, 1.82) is 0 Å². The Morgan fingerprint density at radius 2 is 0.839 bits per heavy atom. The molecular formula is C59H38N2S. The van der Waals surface area contributed by atoms with Gasteiger partial charge in [0.15, 0.2) is 0 Å². The predicted molar refractivity (Wildman–Crippen MR) is 263 cm³/mol. The van der Waals surface area contributed by atoms with Crippen molar-refractivity contribution in [3.05, 3.63) is 253 Å². The molecule has 1 spiro atoms. The summed E-state index contributed by atoms with van der Waals surface area (Å²) in [5.41, 5.74) is 16.7. The summed E-state index contributed by atoms with van der Waals surface area (Å²) in [5, 5.41) is 5.04. The first-order valence-electron chi connectivity index (χ1n) is 21.4. The van der Waals surface area contributed by atoms with Crippen LogP contribution in [-0.2, 0) is 5.41 Å². The molecule has 0 amide bonds. The molecule has 1 aromatic heterocycles. The van der Waals surface area contributed by atoms with Crippen LogP contribution in [0, 0.1) is 0 Å². The van der Waals surface area contributed by atoms with Crippen molar-refractivity contribution in [3.63, 3.8) is 0 Å². The zero-order valence-electron chi connectivity index (χ0n) is 33.7. The number of para-hydroxylation sites is 3. The van der Waals surface area contributed by atoms with E-state index < -0.39 is 5.41 Å². The van der Waals surface area contributed by atoms with Crippen LogP contribution in [0.3, 0.4) is 0 Å². The molecule has 2 aliphatic rings. The molecule has 1 heterocycles. The Morgan fingerprint density at radius 1 is 0.306 bits per heavy atom. The second-order valence-electron chi connectivity index (χ2n) is 16.4. The highest BCUT2D eigenvalue weighted by Gasteiger charge is 2.52. The summed E-state index contributed by atoms with van der Waals surface area (Å²) in [7, 11) is 0. The maximum absolute atomic E-state index is 2.56. The van der Waals surface area contributed by atoms with E-state index in [1.165, 1.54) is 81.1 Å². The molecule has 62 heavy (non-hydrogen) atoms. The first kappa shape index (κ1) is 35.1. The predicted octanol–water partition coefficient (Wildman–Crippen LogP) is 16.5. The number of fused-ring (bicyclic) bond motifs is 15. The van der Waals surface area contributed by atoms with E-state index in [0.29, 0.717) is 0 Å². The molecule has 3 heteroatoms. The van der Waals surface area contributed by atoms with Gasteiger partial charge in [-0.25, -0.2) is 0 Å². The van der Waals surface area contributed by atoms with Gasteiger partial charge in [-0.2, -0.15) is 0 Å². The van der Waals surface area contributed by atoms with Gasteiger partial charge in [0, 0.05) is 48.3 Å². The van der Waals surface area contributed by atoms with Crippen molar-refractivity contribution in [2.45, 2.75) is 5.41 Å². The second-order valence-corrected chi connectivity index (χ2v) is 17.4. The number of benzene rings is 10. The Kier molecular flexibility index (Phi) is 7.72. The highest BCUT2D eigenvalue weighted by molar-refractivity contribution is 7.26. The van der Waals surface area contributed by atoms with Crippen LogP contribution in [0.5, 0.6) is 0 Å². The van der Waals surface area contributed by atoms with E-state index in [0.717, 1.165) is 28.4 Å². The van der Waals surface area contributed by atoms with Gasteiger partial charge < -0.3 is 9.80 Å². The maximum atomic E-state index is 2.56. The van der Waals surface area contributed by atoms with Gasteiger partial charge in [-0.1, -0.05) is 158 Å². The Morgan fingerprint density at radius 3 is 1.55 bits per heavy atom. The van der Waals surface area contributed by atoms with Crippen molar-refractivity contribution >= 4 is 76.4 Å². The zero-order valence-corrected chi connectivity index (χ0v) is 34.6. The lowest BCUT2D eigenvalue weighted by atomic mass is 9.70. The number of rotatable bonds is 6. The third-order valence-corrected chi connectivity index (χ3v) is 14.4. The molecule has 10 aromatic carbocycles. The van der Waals surface area contributed by atoms with Gasteiger partial charge in [0.05, 0.1) is 16.8 Å². The lowest BCUT2D eigenvalue weighted by molar-refractivity contribution is 0.794. The number of thiophene rings is 1. The van der Waals surface area contributed by atoms with Gasteiger partial charge in [-0.3, -0.25) is 0 Å². The van der Waals surface area contributed by atoms with Gasteiger partial charge in [-0.15, -0.1) is 11.3 Å². The van der Waals surface area contributed by atoms with Gasteiger partial charge in [0.25, 0.3) is 0 Å². The molecule has 0 saturated carbocycles. The highest BCUT2D eigenvalue weighted by atomic mass is 32.1. The molecule has 0 aliphatic heterocycles. The molecule has 0 saturated heterocycles. The van der Waals surface area contributed by atoms with E-state index in [2.05, 4.69) is 240 Å². The standard InChI is InChI=1S/C59H38N2S/c1-4-19-39(20-5-1)60(40-21-6-2-7-22-40)42-35-36-44-43-25-12-15-30-49(43)59(51(44)37-42)50-31-16-13-28-47(50)57-46-27-11-10-26-45(46)54(38-52(57)59)61(41-23-8-3-9-24-41)53-32-18-34-56-58(53)48-29-14-17-33-55(48)62-56/h1-38H. The summed E-state index contributed by atoms with van der Waals surface area (Å²) in [6.45, 7) is 0. The fourth-order valence-corrected chi connectivity index (χ4v) is 11.9. The first-order valence-corrected chi connectivity index (χ1v) is 22.2. The molecule has 2 nitrogen and oxygen atoms in total. The molecule has 1 unspecified atom stereocenters. The molecular weight excluding hydrogens is 769 g/mol. The lowest BCUT2D eigenvalue weighted by Crippen LogP contribution is -2.26. The Bertz CT molecular complexity index is 3500. The van der Waals surface area contributed by atoms with Gasteiger partial charge in [-0.05, 0) is 123 Å². The fraction of sp³-hybridized carbons (Fsp3) is 0.0169. The van der Waals surface area contributed by atoms with Gasteiger partial charge in [0.2, 0.25) is 0 Å². The summed E-state index contributed by atoms with van der Waals surface area (Å²) in [6.07, 6.45) is 0. The van der Waals surface area contributed by atoms with E-state index in [1.54, 1.807) is 0 Å². The highest BCUT2D eigenvalue weighted by Crippen LogP contribution is 2.65. The van der Waals surface area contributed by atoms with Crippen LogP contribution >= 0.6 is 11.3 Å². The van der Waals surface area contributed by atoms with Gasteiger partial charge >= 0.3 is 0 Å². The SMILES string of the molecule is c1ccc(N(c2ccccc2)c2ccc3c(c2)C2(c4ccccc4-3)c3ccccc3-c3c2cc(N(c2ccccc2)c2cccc4sc5ccccc5c24)c2ccccc32)cc1. The van der Waals surface area contributed by atoms with Gasteiger partial charge in [0.1, 0.15) is 0 Å². The lowest BCUT2D eigenvalue weighted by Gasteiger charge is -2.34. The summed E-state index contributed by atoms with van der Waals surface area (Å²) in [4.78, 5) is 4.93. The average molecular weight is 807 g/mol. The molecule has 0 radical (unpaired) electrons. The van der Waals surface area contributed by atoms with E-state index in [4.69, 9.17) is 0 Å². The van der Waals surface area contributed by atoms with E-state index in [-0.39, 0.29) is 0 Å². The first-order chi connectivity index (χ1) is 30.8. The molecule has 0 bridgehead atoms. The molecule has 13 rings (SSSR count). The van der Waals surface area contributed by atoms with E-state index in [9.17, 15) is 0 Å². The summed E-state index contributed by atoms with van der Waals surface area (Å²) >= 11 is 1.87.